The molecule has 0 radical (unpaired) electrons. The van der Waals surface area contributed by atoms with Crippen molar-refractivity contribution in [2.45, 2.75) is 131 Å². The van der Waals surface area contributed by atoms with E-state index in [1.54, 1.807) is 48.4 Å². The minimum atomic E-state index is -4.62. The fourth-order valence-corrected chi connectivity index (χ4v) is 11.3. The summed E-state index contributed by atoms with van der Waals surface area (Å²) < 4.78 is 30.3. The van der Waals surface area contributed by atoms with Crippen molar-refractivity contribution in [1.29, 1.82) is 0 Å². The van der Waals surface area contributed by atoms with E-state index in [0.717, 1.165) is 80.0 Å². The predicted octanol–water partition coefficient (Wildman–Crippen LogP) is 2.63. The zero-order chi connectivity index (χ0) is 52.4. The minimum Gasteiger partial charge on any atom is -1.00 e. The van der Waals surface area contributed by atoms with Crippen molar-refractivity contribution >= 4 is 42.8 Å². The van der Waals surface area contributed by atoms with E-state index in [1.807, 2.05) is 77.9 Å². The molecule has 9 rings (SSSR count). The van der Waals surface area contributed by atoms with Crippen LogP contribution in [0.4, 0.5) is 11.4 Å². The van der Waals surface area contributed by atoms with E-state index in [4.69, 9.17) is 9.05 Å². The van der Waals surface area contributed by atoms with Gasteiger partial charge < -0.3 is 29.0 Å². The number of amides is 4. The standard InChI is InChI=1S/C53H67N12O8P.2Na.2H/c1-31(2)65-44(26-28-55-65)51(67)59-49(47(38-13-14-38)39-15-16-39)53(69)57-42-23-19-37(20-24-42)46-33(4)61-64(35(46)6)30-73-74(70,71)72-29-63-34(5)45(32(3)60-63)36-17-21-41(22-18-36)56-52(68)48(40-11-9-8-10-12-40)58-50(66)43-25-27-54-62(43)7;;;;/h17-28,31,38-40,47-49H,8-16,29-30H2,1-7H3,(H,56,68)(H,57,69)(H,58,66)(H,59,67)(H,70,71);;;;/q;2*+1;2*-1/t48-,49-;;;;/m0..../s1. The maximum atomic E-state index is 14.1. The van der Waals surface area contributed by atoms with Gasteiger partial charge in [-0.15, -0.1) is 0 Å². The molecule has 2 aromatic carbocycles. The van der Waals surface area contributed by atoms with E-state index >= 15 is 0 Å². The van der Waals surface area contributed by atoms with Crippen LogP contribution in [0.5, 0.6) is 0 Å². The largest absolute Gasteiger partial charge is 1.00 e. The number of benzene rings is 2. The number of carbonyl (C=O) groups is 4. The maximum absolute atomic E-state index is 14.1. The van der Waals surface area contributed by atoms with Crippen LogP contribution in [-0.4, -0.2) is 79.7 Å². The van der Waals surface area contributed by atoms with Crippen molar-refractivity contribution in [3.05, 3.63) is 107 Å². The molecular weight excluding hydrogens is 1010 g/mol. The molecule has 1 unspecified atom stereocenters. The molecule has 3 atom stereocenters. The van der Waals surface area contributed by atoms with Crippen molar-refractivity contribution in [2.24, 2.45) is 30.7 Å². The van der Waals surface area contributed by atoms with Crippen LogP contribution in [0.25, 0.3) is 22.3 Å². The molecule has 23 heteroatoms. The molecule has 4 heterocycles. The summed E-state index contributed by atoms with van der Waals surface area (Å²) in [5.74, 6) is -0.326. The van der Waals surface area contributed by atoms with Crippen LogP contribution in [0.15, 0.2) is 73.1 Å². The van der Waals surface area contributed by atoms with Gasteiger partial charge in [0, 0.05) is 59.4 Å². The van der Waals surface area contributed by atoms with E-state index < -0.39 is 19.9 Å². The number of nitrogens with one attached hydrogen (secondary N) is 4. The zero-order valence-electron chi connectivity index (χ0n) is 47.1. The smallest absolute Gasteiger partial charge is 1.00 e. The second-order valence-corrected chi connectivity index (χ2v) is 21.8. The predicted molar refractivity (Wildman–Crippen MR) is 280 cm³/mol. The van der Waals surface area contributed by atoms with Gasteiger partial charge >= 0.3 is 66.9 Å². The first-order valence-electron chi connectivity index (χ1n) is 25.6. The Labute approximate surface area is 490 Å². The Kier molecular flexibility index (Phi) is 19.7. The third kappa shape index (κ3) is 13.7. The summed E-state index contributed by atoms with van der Waals surface area (Å²) in [5.41, 5.74) is 7.86. The van der Waals surface area contributed by atoms with Crippen LogP contribution < -0.4 is 80.4 Å². The molecule has 3 aliphatic rings. The average Bonchev–Trinajstić information content (AvgIpc) is 4.25. The molecule has 5 N–H and O–H groups in total. The molecule has 0 saturated heterocycles. The number of aromatic nitrogens is 8. The molecule has 3 saturated carbocycles. The van der Waals surface area contributed by atoms with E-state index in [2.05, 4.69) is 41.7 Å². The molecule has 0 bridgehead atoms. The van der Waals surface area contributed by atoms with Crippen LogP contribution in [0.2, 0.25) is 0 Å². The molecule has 0 spiro atoms. The van der Waals surface area contributed by atoms with E-state index in [0.29, 0.717) is 57.4 Å². The van der Waals surface area contributed by atoms with Crippen molar-refractivity contribution in [3.63, 3.8) is 0 Å². The summed E-state index contributed by atoms with van der Waals surface area (Å²) in [6.45, 7) is 10.5. The Bertz CT molecular complexity index is 3070. The van der Waals surface area contributed by atoms with E-state index in [9.17, 15) is 28.6 Å². The Hall–Kier alpha value is -4.73. The number of nitrogens with zero attached hydrogens (tertiary/aromatic N) is 8. The van der Waals surface area contributed by atoms with Gasteiger partial charge in [-0.05, 0) is 151 Å². The number of hydrogen-bond acceptors (Lipinski definition) is 11. The zero-order valence-corrected chi connectivity index (χ0v) is 50.0. The summed E-state index contributed by atoms with van der Waals surface area (Å²) in [6, 6.07) is 16.6. The van der Waals surface area contributed by atoms with E-state index in [-0.39, 0.29) is 117 Å². The topological polar surface area (TPSA) is 243 Å². The molecule has 4 amide bonds. The number of carbonyl (C=O) groups excluding carboxylic acids is 4. The van der Waals surface area contributed by atoms with Gasteiger partial charge in [0.1, 0.15) is 23.5 Å². The van der Waals surface area contributed by atoms with Gasteiger partial charge in [0.25, 0.3) is 11.8 Å². The monoisotopic (exact) mass is 1080 g/mol. The molecule has 4 aromatic heterocycles. The van der Waals surface area contributed by atoms with E-state index in [1.165, 1.54) is 14.0 Å². The SMILES string of the molecule is Cc1nn(COP(=O)(O)OCn2nc(C)c(-c3ccc(NC(=O)[C@@H](NC(=O)c4ccnn4C(C)C)C(C4CC4)C4CC4)cc3)c2C)c(C)c1-c1ccc(NC(=O)[C@@H](NC(=O)c2ccnn2C)C2CCCCC2)cc1.[H-].[H-].[Na+].[Na+]. The molecule has 3 aliphatic carbocycles. The molecule has 20 nitrogen and oxygen atoms in total. The minimum absolute atomic E-state index is 0. The summed E-state index contributed by atoms with van der Waals surface area (Å²) >= 11 is 0. The molecule has 6 aromatic rings. The van der Waals surface area contributed by atoms with Crippen LogP contribution in [0.1, 0.15) is 124 Å². The van der Waals surface area contributed by atoms with Gasteiger partial charge in [0.05, 0.1) is 11.4 Å². The Morgan fingerprint density at radius 2 is 1.13 bits per heavy atom. The van der Waals surface area contributed by atoms with Crippen molar-refractivity contribution in [2.75, 3.05) is 10.6 Å². The Balaban J connectivity index is 0.00000280. The van der Waals surface area contributed by atoms with Gasteiger partial charge in [0.15, 0.2) is 13.5 Å². The Morgan fingerprint density at radius 1 is 0.658 bits per heavy atom. The molecule has 396 valence electrons. The molecular formula is C53H69N12Na2O8P. The first-order chi connectivity index (χ1) is 35.5. The second kappa shape index (κ2) is 25.4. The number of rotatable bonds is 21. The molecule has 0 aliphatic heterocycles. The molecule has 76 heavy (non-hydrogen) atoms. The van der Waals surface area contributed by atoms with Crippen molar-refractivity contribution in [3.8, 4) is 22.3 Å². The maximum Gasteiger partial charge on any atom is 1.00 e. The van der Waals surface area contributed by atoms with Crippen LogP contribution in [0, 0.1) is 51.4 Å². The summed E-state index contributed by atoms with van der Waals surface area (Å²) in [6.07, 6.45) is 12.2. The fourth-order valence-electron chi connectivity index (χ4n) is 10.7. The van der Waals surface area contributed by atoms with Gasteiger partial charge in [-0.2, -0.15) is 20.4 Å². The summed E-state index contributed by atoms with van der Waals surface area (Å²) in [7, 11) is -2.93. The van der Waals surface area contributed by atoms with Gasteiger partial charge in [-0.1, -0.05) is 43.5 Å². The number of phosphoric ester groups is 1. The Morgan fingerprint density at radius 3 is 1.61 bits per heavy atom. The number of phosphoric acid groups is 1. The first kappa shape index (κ1) is 58.9. The van der Waals surface area contributed by atoms with Crippen molar-refractivity contribution in [1.82, 2.24) is 49.8 Å². The molecule has 3 fully saturated rings. The third-order valence-corrected chi connectivity index (χ3v) is 15.6. The quantitative estimate of drug-likeness (QED) is 0.0517. The van der Waals surface area contributed by atoms with Gasteiger partial charge in [-0.3, -0.25) is 37.6 Å². The van der Waals surface area contributed by atoms with Crippen LogP contribution in [0.3, 0.4) is 0 Å². The summed E-state index contributed by atoms with van der Waals surface area (Å²) in [4.78, 5) is 65.4. The summed E-state index contributed by atoms with van der Waals surface area (Å²) in [5, 5.41) is 29.8. The number of anilines is 2. The van der Waals surface area contributed by atoms with Crippen molar-refractivity contribution < 1.29 is 99.7 Å². The second-order valence-electron chi connectivity index (χ2n) is 20.4. The van der Waals surface area contributed by atoms with Gasteiger partial charge in [-0.25, -0.2) is 13.9 Å². The normalized spacial score (nSPS) is 16.3. The average molecular weight is 1080 g/mol. The number of hydrogen-bond donors (Lipinski definition) is 5. The first-order valence-corrected chi connectivity index (χ1v) is 27.1. The fraction of sp³-hybridized carbons (Fsp3) is 0.472. The van der Waals surface area contributed by atoms with Crippen LogP contribution >= 0.6 is 7.82 Å². The number of aryl methyl sites for hydroxylation is 3. The van der Waals surface area contributed by atoms with Gasteiger partial charge in [0.2, 0.25) is 11.8 Å². The van der Waals surface area contributed by atoms with Crippen LogP contribution in [-0.2, 0) is 43.7 Å². The third-order valence-electron chi connectivity index (χ3n) is 14.8.